The summed E-state index contributed by atoms with van der Waals surface area (Å²) in [5.74, 6) is -2.36. The van der Waals surface area contributed by atoms with Gasteiger partial charge < -0.3 is 15.2 Å². The lowest BCUT2D eigenvalue weighted by Gasteiger charge is -2.09. The second-order valence-corrected chi connectivity index (χ2v) is 7.25. The minimum Gasteiger partial charge on any atom is -0.478 e. The van der Waals surface area contributed by atoms with Crippen molar-refractivity contribution in [3.63, 3.8) is 0 Å². The van der Waals surface area contributed by atoms with Crippen molar-refractivity contribution in [2.45, 2.75) is 39.0 Å². The first-order valence-electron chi connectivity index (χ1n) is 8.84. The highest BCUT2D eigenvalue weighted by molar-refractivity contribution is 7.17. The summed E-state index contributed by atoms with van der Waals surface area (Å²) in [6.07, 6.45) is 6.09. The van der Waals surface area contributed by atoms with E-state index in [1.54, 1.807) is 6.92 Å². The Labute approximate surface area is 160 Å². The maximum atomic E-state index is 12.7. The van der Waals surface area contributed by atoms with Gasteiger partial charge >= 0.3 is 11.9 Å². The van der Waals surface area contributed by atoms with Crippen molar-refractivity contribution in [2.75, 3.05) is 11.9 Å². The Hall–Kier alpha value is -2.74. The molecule has 0 radical (unpaired) electrons. The molecule has 0 unspecified atom stereocenters. The highest BCUT2D eigenvalue weighted by Gasteiger charge is 2.28. The van der Waals surface area contributed by atoms with Crippen molar-refractivity contribution in [3.8, 4) is 0 Å². The number of pyridine rings is 1. The number of carboxylic acids is 1. The van der Waals surface area contributed by atoms with Crippen LogP contribution >= 0.6 is 11.3 Å². The smallest absolute Gasteiger partial charge is 0.341 e. The van der Waals surface area contributed by atoms with Crippen LogP contribution in [0.2, 0.25) is 0 Å². The largest absolute Gasteiger partial charge is 0.478 e. The molecule has 2 aromatic rings. The number of nitrogens with one attached hydrogen (secondary N) is 1. The summed E-state index contributed by atoms with van der Waals surface area (Å²) in [5, 5.41) is 12.4. The number of anilines is 1. The molecule has 0 aliphatic heterocycles. The van der Waals surface area contributed by atoms with Gasteiger partial charge in [0.2, 0.25) is 0 Å². The number of ether oxygens (including phenoxy) is 1. The van der Waals surface area contributed by atoms with Gasteiger partial charge in [0.1, 0.15) is 10.7 Å². The molecule has 142 valence electrons. The van der Waals surface area contributed by atoms with Crippen LogP contribution in [0.25, 0.3) is 0 Å². The topological polar surface area (TPSA) is 106 Å². The average molecular weight is 388 g/mol. The monoisotopic (exact) mass is 388 g/mol. The van der Waals surface area contributed by atoms with E-state index in [1.807, 2.05) is 0 Å². The SMILES string of the molecule is CCOC(=O)c1c(NC(=O)c2ncccc2C(=O)O)sc2c1CCCCC2. The third-order valence-corrected chi connectivity index (χ3v) is 5.59. The number of aromatic nitrogens is 1. The summed E-state index contributed by atoms with van der Waals surface area (Å²) in [7, 11) is 0. The summed E-state index contributed by atoms with van der Waals surface area (Å²) in [6, 6.07) is 2.78. The average Bonchev–Trinajstić information content (AvgIpc) is 2.82. The molecule has 1 amide bonds. The van der Waals surface area contributed by atoms with Crippen LogP contribution < -0.4 is 5.32 Å². The number of esters is 1. The summed E-state index contributed by atoms with van der Waals surface area (Å²) in [4.78, 5) is 41.5. The number of aromatic carboxylic acids is 1. The number of amides is 1. The van der Waals surface area contributed by atoms with Crippen molar-refractivity contribution in [1.82, 2.24) is 4.98 Å². The molecular formula is C19H20N2O5S. The van der Waals surface area contributed by atoms with Gasteiger partial charge in [-0.25, -0.2) is 9.59 Å². The van der Waals surface area contributed by atoms with Crippen LogP contribution in [0, 0.1) is 0 Å². The number of thiophene rings is 1. The number of aryl methyl sites for hydroxylation is 1. The normalized spacial score (nSPS) is 13.4. The molecule has 0 atom stereocenters. The molecule has 0 bridgehead atoms. The number of carboxylic acid groups (broad SMARTS) is 1. The quantitative estimate of drug-likeness (QED) is 0.599. The highest BCUT2D eigenvalue weighted by atomic mass is 32.1. The van der Waals surface area contributed by atoms with E-state index in [1.165, 1.54) is 29.7 Å². The van der Waals surface area contributed by atoms with Crippen LogP contribution in [-0.4, -0.2) is 34.5 Å². The summed E-state index contributed by atoms with van der Waals surface area (Å²) in [6.45, 7) is 1.97. The van der Waals surface area contributed by atoms with Crippen molar-refractivity contribution in [2.24, 2.45) is 0 Å². The highest BCUT2D eigenvalue weighted by Crippen LogP contribution is 2.38. The van der Waals surface area contributed by atoms with Gasteiger partial charge in [-0.1, -0.05) is 6.42 Å². The fraction of sp³-hybridized carbons (Fsp3) is 0.368. The van der Waals surface area contributed by atoms with E-state index in [0.29, 0.717) is 10.6 Å². The van der Waals surface area contributed by atoms with Crippen molar-refractivity contribution in [1.29, 1.82) is 0 Å². The Bertz CT molecular complexity index is 890. The first kappa shape index (κ1) is 19.0. The Morgan fingerprint density at radius 2 is 2.04 bits per heavy atom. The fourth-order valence-corrected chi connectivity index (χ4v) is 4.44. The number of nitrogens with zero attached hydrogens (tertiary/aromatic N) is 1. The Kier molecular flexibility index (Phi) is 5.85. The van der Waals surface area contributed by atoms with E-state index < -0.39 is 17.8 Å². The molecule has 27 heavy (non-hydrogen) atoms. The second kappa shape index (κ2) is 8.30. The molecule has 0 fully saturated rings. The van der Waals surface area contributed by atoms with Gasteiger partial charge in [-0.3, -0.25) is 9.78 Å². The van der Waals surface area contributed by atoms with Crippen molar-refractivity contribution >= 4 is 34.2 Å². The third-order valence-electron chi connectivity index (χ3n) is 4.38. The Morgan fingerprint density at radius 3 is 2.78 bits per heavy atom. The van der Waals surface area contributed by atoms with E-state index >= 15 is 0 Å². The summed E-state index contributed by atoms with van der Waals surface area (Å²) in [5.41, 5.74) is 0.944. The number of fused-ring (bicyclic) bond motifs is 1. The fourth-order valence-electron chi connectivity index (χ4n) is 3.17. The molecule has 2 heterocycles. The number of rotatable bonds is 5. The van der Waals surface area contributed by atoms with Crippen LogP contribution in [0.3, 0.4) is 0 Å². The van der Waals surface area contributed by atoms with Gasteiger partial charge in [0.05, 0.1) is 17.7 Å². The Morgan fingerprint density at radius 1 is 1.26 bits per heavy atom. The molecule has 7 nitrogen and oxygen atoms in total. The minimum absolute atomic E-state index is 0.189. The van der Waals surface area contributed by atoms with Crippen LogP contribution in [0.15, 0.2) is 18.3 Å². The molecule has 0 saturated heterocycles. The van der Waals surface area contributed by atoms with E-state index in [9.17, 15) is 19.5 Å². The van der Waals surface area contributed by atoms with E-state index in [2.05, 4.69) is 10.3 Å². The molecule has 2 aromatic heterocycles. The summed E-state index contributed by atoms with van der Waals surface area (Å²) >= 11 is 1.36. The van der Waals surface area contributed by atoms with Crippen LogP contribution in [0.5, 0.6) is 0 Å². The molecule has 0 saturated carbocycles. The molecule has 0 spiro atoms. The number of hydrogen-bond donors (Lipinski definition) is 2. The zero-order valence-corrected chi connectivity index (χ0v) is 15.7. The maximum Gasteiger partial charge on any atom is 0.341 e. The lowest BCUT2D eigenvalue weighted by molar-refractivity contribution is 0.0526. The third kappa shape index (κ3) is 4.00. The van der Waals surface area contributed by atoms with Gasteiger partial charge in [0.15, 0.2) is 0 Å². The molecule has 1 aliphatic carbocycles. The first-order valence-corrected chi connectivity index (χ1v) is 9.65. The molecule has 1 aliphatic rings. The van der Waals surface area contributed by atoms with Crippen molar-refractivity contribution < 1.29 is 24.2 Å². The molecule has 2 N–H and O–H groups in total. The predicted molar refractivity (Wildman–Crippen MR) is 101 cm³/mol. The van der Waals surface area contributed by atoms with Crippen LogP contribution in [0.1, 0.15) is 67.8 Å². The number of hydrogen-bond acceptors (Lipinski definition) is 6. The van der Waals surface area contributed by atoms with Crippen LogP contribution in [0.4, 0.5) is 5.00 Å². The lowest BCUT2D eigenvalue weighted by atomic mass is 10.1. The molecular weight excluding hydrogens is 368 g/mol. The lowest BCUT2D eigenvalue weighted by Crippen LogP contribution is -2.19. The zero-order valence-electron chi connectivity index (χ0n) is 14.9. The van der Waals surface area contributed by atoms with Gasteiger partial charge in [-0.15, -0.1) is 11.3 Å². The zero-order chi connectivity index (χ0) is 19.4. The molecule has 3 rings (SSSR count). The van der Waals surface area contributed by atoms with E-state index in [-0.39, 0.29) is 17.9 Å². The minimum atomic E-state index is -1.24. The number of carbonyl (C=O) groups excluding carboxylic acids is 2. The number of carbonyl (C=O) groups is 3. The first-order chi connectivity index (χ1) is 13.0. The van der Waals surface area contributed by atoms with Gasteiger partial charge in [-0.05, 0) is 50.3 Å². The van der Waals surface area contributed by atoms with Gasteiger partial charge in [0.25, 0.3) is 5.91 Å². The van der Waals surface area contributed by atoms with E-state index in [4.69, 9.17) is 4.74 Å². The summed E-state index contributed by atoms with van der Waals surface area (Å²) < 4.78 is 5.19. The second-order valence-electron chi connectivity index (χ2n) is 6.15. The Balaban J connectivity index is 1.98. The van der Waals surface area contributed by atoms with Gasteiger partial charge in [0, 0.05) is 11.1 Å². The maximum absolute atomic E-state index is 12.7. The molecule has 0 aromatic carbocycles. The van der Waals surface area contributed by atoms with E-state index in [0.717, 1.165) is 42.5 Å². The van der Waals surface area contributed by atoms with Gasteiger partial charge in [-0.2, -0.15) is 0 Å². The van der Waals surface area contributed by atoms with Crippen molar-refractivity contribution in [3.05, 3.63) is 45.6 Å². The standard InChI is InChI=1S/C19H20N2O5S/c1-2-26-19(25)14-11-7-4-3-5-9-13(11)27-17(14)21-16(22)15-12(18(23)24)8-6-10-20-15/h6,8,10H,2-5,7,9H2,1H3,(H,21,22)(H,23,24). The predicted octanol–water partition coefficient (Wildman–Crippen LogP) is 3.54. The van der Waals surface area contributed by atoms with Crippen LogP contribution in [-0.2, 0) is 17.6 Å². The molecule has 8 heteroatoms.